The summed E-state index contributed by atoms with van der Waals surface area (Å²) in [7, 11) is 1.73. The highest BCUT2D eigenvalue weighted by molar-refractivity contribution is 6.03. The number of nitrogens with zero attached hydrogens (tertiary/aromatic N) is 4. The molecule has 1 aromatic carbocycles. The zero-order valence-electron chi connectivity index (χ0n) is 16.0. The maximum absolute atomic E-state index is 12.6. The van der Waals surface area contributed by atoms with E-state index in [1.165, 1.54) is 0 Å². The van der Waals surface area contributed by atoms with Crippen molar-refractivity contribution in [3.63, 3.8) is 0 Å². The number of carbonyl (C=O) groups is 1. The van der Waals surface area contributed by atoms with Crippen LogP contribution in [0.5, 0.6) is 11.6 Å². The van der Waals surface area contributed by atoms with Gasteiger partial charge in [-0.05, 0) is 43.3 Å². The Balaban J connectivity index is 1.45. The maximum atomic E-state index is 12.6. The van der Waals surface area contributed by atoms with Gasteiger partial charge in [0, 0.05) is 31.1 Å². The van der Waals surface area contributed by atoms with Gasteiger partial charge in [-0.1, -0.05) is 17.7 Å². The molecule has 29 heavy (non-hydrogen) atoms. The molecule has 144 valence electrons. The van der Waals surface area contributed by atoms with Gasteiger partial charge in [0.15, 0.2) is 0 Å². The number of aryl methyl sites for hydroxylation is 2. The quantitative estimate of drug-likeness (QED) is 0.556. The van der Waals surface area contributed by atoms with Crippen LogP contribution in [0.1, 0.15) is 16.1 Å². The zero-order chi connectivity index (χ0) is 20.2. The van der Waals surface area contributed by atoms with E-state index in [9.17, 15) is 4.79 Å². The van der Waals surface area contributed by atoms with Crippen molar-refractivity contribution in [3.05, 3.63) is 84.4 Å². The van der Waals surface area contributed by atoms with Gasteiger partial charge in [-0.15, -0.1) is 0 Å². The van der Waals surface area contributed by atoms with Gasteiger partial charge in [0.1, 0.15) is 11.4 Å². The summed E-state index contributed by atoms with van der Waals surface area (Å²) in [4.78, 5) is 20.9. The Hall–Kier alpha value is -4.00. The molecule has 3 heterocycles. The highest BCUT2D eigenvalue weighted by Gasteiger charge is 2.15. The van der Waals surface area contributed by atoms with Crippen LogP contribution >= 0.6 is 0 Å². The average molecular weight is 385 g/mol. The standard InChI is InChI=1S/C22H19N5O2/c1-15-3-6-18(7-4-15)29-21-8-5-17(14-24-21)25-22(28)20-13-19(26-27(20)2)16-9-11-23-12-10-16/h3-14H,1-2H3,(H,25,28). The lowest BCUT2D eigenvalue weighted by Crippen LogP contribution is -2.16. The van der Waals surface area contributed by atoms with Crippen LogP contribution in [-0.4, -0.2) is 25.7 Å². The maximum Gasteiger partial charge on any atom is 0.273 e. The molecule has 0 aliphatic heterocycles. The smallest absolute Gasteiger partial charge is 0.273 e. The van der Waals surface area contributed by atoms with Crippen LogP contribution in [0, 0.1) is 6.92 Å². The largest absolute Gasteiger partial charge is 0.439 e. The van der Waals surface area contributed by atoms with Gasteiger partial charge >= 0.3 is 0 Å². The Labute approximate surface area is 168 Å². The average Bonchev–Trinajstić information content (AvgIpc) is 3.14. The van der Waals surface area contributed by atoms with E-state index in [-0.39, 0.29) is 5.91 Å². The highest BCUT2D eigenvalue weighted by atomic mass is 16.5. The lowest BCUT2D eigenvalue weighted by molar-refractivity contribution is 0.101. The van der Waals surface area contributed by atoms with Crippen LogP contribution in [0.2, 0.25) is 0 Å². The number of ether oxygens (including phenoxy) is 1. The minimum Gasteiger partial charge on any atom is -0.439 e. The molecule has 7 nitrogen and oxygen atoms in total. The summed E-state index contributed by atoms with van der Waals surface area (Å²) in [6.07, 6.45) is 4.94. The van der Waals surface area contributed by atoms with Crippen molar-refractivity contribution in [3.8, 4) is 22.9 Å². The summed E-state index contributed by atoms with van der Waals surface area (Å²) >= 11 is 0. The summed E-state index contributed by atoms with van der Waals surface area (Å²) in [6.45, 7) is 2.02. The normalized spacial score (nSPS) is 10.6. The van der Waals surface area contributed by atoms with Crippen LogP contribution in [0.3, 0.4) is 0 Å². The van der Waals surface area contributed by atoms with E-state index in [1.807, 2.05) is 43.3 Å². The molecule has 0 fully saturated rings. The van der Waals surface area contributed by atoms with Gasteiger partial charge in [-0.2, -0.15) is 5.10 Å². The minimum atomic E-state index is -0.269. The monoisotopic (exact) mass is 385 g/mol. The van der Waals surface area contributed by atoms with Gasteiger partial charge in [0.2, 0.25) is 5.88 Å². The zero-order valence-corrected chi connectivity index (χ0v) is 16.0. The van der Waals surface area contributed by atoms with Crippen LogP contribution in [0.4, 0.5) is 5.69 Å². The van der Waals surface area contributed by atoms with Crippen molar-refractivity contribution < 1.29 is 9.53 Å². The van der Waals surface area contributed by atoms with Gasteiger partial charge < -0.3 is 10.1 Å². The molecule has 0 saturated heterocycles. The first kappa shape index (κ1) is 18.4. The molecule has 4 aromatic rings. The van der Waals surface area contributed by atoms with E-state index in [0.29, 0.717) is 28.7 Å². The molecular weight excluding hydrogens is 366 g/mol. The summed E-state index contributed by atoms with van der Waals surface area (Å²) < 4.78 is 7.26. The molecule has 0 radical (unpaired) electrons. The predicted octanol–water partition coefficient (Wildman–Crippen LogP) is 4.23. The number of rotatable bonds is 5. The third-order valence-corrected chi connectivity index (χ3v) is 4.33. The molecular formula is C22H19N5O2. The second kappa shape index (κ2) is 7.93. The molecule has 0 aliphatic rings. The Morgan fingerprint density at radius 3 is 2.48 bits per heavy atom. The number of pyridine rings is 2. The topological polar surface area (TPSA) is 81.9 Å². The van der Waals surface area contributed by atoms with Gasteiger partial charge in [-0.25, -0.2) is 4.98 Å². The SMILES string of the molecule is Cc1ccc(Oc2ccc(NC(=O)c3cc(-c4ccncc4)nn3C)cn2)cc1. The van der Waals surface area contributed by atoms with E-state index >= 15 is 0 Å². The molecule has 4 rings (SSSR count). The van der Waals surface area contributed by atoms with Crippen LogP contribution in [0.15, 0.2) is 73.2 Å². The summed E-state index contributed by atoms with van der Waals surface area (Å²) in [5, 5.41) is 7.24. The molecule has 0 bridgehead atoms. The molecule has 0 saturated carbocycles. The van der Waals surface area contributed by atoms with Gasteiger partial charge in [0.05, 0.1) is 17.6 Å². The fraction of sp³-hybridized carbons (Fsp3) is 0.0909. The molecule has 0 atom stereocenters. The van der Waals surface area contributed by atoms with Crippen LogP contribution in [-0.2, 0) is 7.05 Å². The minimum absolute atomic E-state index is 0.269. The first-order valence-electron chi connectivity index (χ1n) is 9.05. The van der Waals surface area contributed by atoms with E-state index < -0.39 is 0 Å². The third kappa shape index (κ3) is 4.30. The number of nitrogens with one attached hydrogen (secondary N) is 1. The van der Waals surface area contributed by atoms with Crippen molar-refractivity contribution in [1.82, 2.24) is 19.7 Å². The number of benzene rings is 1. The first-order chi connectivity index (χ1) is 14.1. The Bertz CT molecular complexity index is 1120. The number of amides is 1. The summed E-state index contributed by atoms with van der Waals surface area (Å²) in [5.41, 5.74) is 3.77. The summed E-state index contributed by atoms with van der Waals surface area (Å²) in [6, 6.07) is 16.6. The van der Waals surface area contributed by atoms with E-state index in [4.69, 9.17) is 4.74 Å². The molecule has 1 amide bonds. The Morgan fingerprint density at radius 1 is 1.03 bits per heavy atom. The Kier molecular flexibility index (Phi) is 5.03. The van der Waals surface area contributed by atoms with Crippen LogP contribution in [0.25, 0.3) is 11.3 Å². The second-order valence-corrected chi connectivity index (χ2v) is 6.53. The second-order valence-electron chi connectivity index (χ2n) is 6.53. The first-order valence-corrected chi connectivity index (χ1v) is 9.05. The van der Waals surface area contributed by atoms with Crippen molar-refractivity contribution in [2.24, 2.45) is 7.05 Å². The molecule has 3 aromatic heterocycles. The van der Waals surface area contributed by atoms with Gasteiger partial charge in [-0.3, -0.25) is 14.5 Å². The van der Waals surface area contributed by atoms with Crippen molar-refractivity contribution >= 4 is 11.6 Å². The van der Waals surface area contributed by atoms with E-state index in [1.54, 1.807) is 48.5 Å². The number of anilines is 1. The van der Waals surface area contributed by atoms with Crippen molar-refractivity contribution in [1.29, 1.82) is 0 Å². The fourth-order valence-electron chi connectivity index (χ4n) is 2.78. The molecule has 0 aliphatic carbocycles. The Morgan fingerprint density at radius 2 is 1.79 bits per heavy atom. The fourth-order valence-corrected chi connectivity index (χ4v) is 2.78. The lowest BCUT2D eigenvalue weighted by atomic mass is 10.2. The number of aromatic nitrogens is 4. The lowest BCUT2D eigenvalue weighted by Gasteiger charge is -2.07. The third-order valence-electron chi connectivity index (χ3n) is 4.33. The van der Waals surface area contributed by atoms with Crippen LogP contribution < -0.4 is 10.1 Å². The highest BCUT2D eigenvalue weighted by Crippen LogP contribution is 2.22. The number of carbonyl (C=O) groups excluding carboxylic acids is 1. The number of hydrogen-bond donors (Lipinski definition) is 1. The van der Waals surface area contributed by atoms with Gasteiger partial charge in [0.25, 0.3) is 5.91 Å². The molecule has 0 spiro atoms. The predicted molar refractivity (Wildman–Crippen MR) is 110 cm³/mol. The molecule has 1 N–H and O–H groups in total. The van der Waals surface area contributed by atoms with Crippen molar-refractivity contribution in [2.75, 3.05) is 5.32 Å². The number of hydrogen-bond acceptors (Lipinski definition) is 5. The van der Waals surface area contributed by atoms with E-state index in [2.05, 4.69) is 20.4 Å². The summed E-state index contributed by atoms with van der Waals surface area (Å²) in [5.74, 6) is 0.889. The van der Waals surface area contributed by atoms with E-state index in [0.717, 1.165) is 11.1 Å². The molecule has 7 heteroatoms. The molecule has 0 unspecified atom stereocenters. The van der Waals surface area contributed by atoms with Crippen molar-refractivity contribution in [2.45, 2.75) is 6.92 Å².